The lowest BCUT2D eigenvalue weighted by Crippen LogP contribution is -2.12. The molecule has 0 aliphatic heterocycles. The highest BCUT2D eigenvalue weighted by Gasteiger charge is 2.04. The number of amides is 1. The van der Waals surface area contributed by atoms with E-state index in [2.05, 4.69) is 10.3 Å². The second-order valence-electron chi connectivity index (χ2n) is 4.51. The Labute approximate surface area is 128 Å². The van der Waals surface area contributed by atoms with Crippen LogP contribution in [0.1, 0.15) is 17.5 Å². The summed E-state index contributed by atoms with van der Waals surface area (Å²) in [6.07, 6.45) is 2.22. The Bertz CT molecular complexity index is 662. The first-order valence-electron chi connectivity index (χ1n) is 6.53. The van der Waals surface area contributed by atoms with Crippen molar-refractivity contribution in [1.29, 1.82) is 5.26 Å². The van der Waals surface area contributed by atoms with Gasteiger partial charge < -0.3 is 5.32 Å². The van der Waals surface area contributed by atoms with Crippen LogP contribution in [0.2, 0.25) is 0 Å². The van der Waals surface area contributed by atoms with Crippen molar-refractivity contribution in [2.24, 2.45) is 0 Å². The number of nitrogens with zero attached hydrogens (tertiary/aromatic N) is 2. The molecule has 0 saturated carbocycles. The molecule has 0 radical (unpaired) electrons. The summed E-state index contributed by atoms with van der Waals surface area (Å²) in [7, 11) is 0. The van der Waals surface area contributed by atoms with Gasteiger partial charge in [0.15, 0.2) is 0 Å². The molecule has 1 heterocycles. The van der Waals surface area contributed by atoms with Crippen molar-refractivity contribution >= 4 is 23.4 Å². The first-order valence-corrected chi connectivity index (χ1v) is 7.51. The number of anilines is 1. The van der Waals surface area contributed by atoms with E-state index in [9.17, 15) is 4.79 Å². The van der Waals surface area contributed by atoms with E-state index in [0.717, 1.165) is 10.6 Å². The lowest BCUT2D eigenvalue weighted by Gasteiger charge is -2.05. The van der Waals surface area contributed by atoms with E-state index in [1.54, 1.807) is 36.0 Å². The van der Waals surface area contributed by atoms with Gasteiger partial charge >= 0.3 is 0 Å². The molecule has 0 aliphatic carbocycles. The number of carbonyl (C=O) groups excluding carboxylic acids is 1. The van der Waals surface area contributed by atoms with E-state index in [1.165, 1.54) is 0 Å². The Morgan fingerprint density at radius 3 is 2.95 bits per heavy atom. The molecule has 0 bridgehead atoms. The molecule has 0 aliphatic rings. The lowest BCUT2D eigenvalue weighted by molar-refractivity contribution is -0.115. The summed E-state index contributed by atoms with van der Waals surface area (Å²) in [6, 6.07) is 12.9. The minimum atomic E-state index is -0.0651. The number of hydrogen-bond donors (Lipinski definition) is 1. The maximum atomic E-state index is 11.8. The molecule has 1 aromatic heterocycles. The molecule has 0 saturated heterocycles. The molecule has 0 atom stereocenters. The Kier molecular flexibility index (Phi) is 5.35. The first-order chi connectivity index (χ1) is 10.2. The molecule has 21 heavy (non-hydrogen) atoms. The Hall–Kier alpha value is -2.32. The standard InChI is InChI=1S/C16H15N3OS/c1-12-5-6-16(18-11-12)21-8-7-15(20)19-14-4-2-3-13(9-14)10-17/h2-6,9,11H,7-8H2,1H3,(H,19,20). The molecule has 0 spiro atoms. The number of carbonyl (C=O) groups is 1. The van der Waals surface area contributed by atoms with Crippen molar-refractivity contribution in [3.05, 3.63) is 53.7 Å². The third-order valence-electron chi connectivity index (χ3n) is 2.74. The largest absolute Gasteiger partial charge is 0.326 e. The van der Waals surface area contributed by atoms with Crippen molar-refractivity contribution in [1.82, 2.24) is 4.98 Å². The lowest BCUT2D eigenvalue weighted by atomic mass is 10.2. The fourth-order valence-electron chi connectivity index (χ4n) is 1.68. The third-order valence-corrected chi connectivity index (χ3v) is 3.68. The van der Waals surface area contributed by atoms with E-state index >= 15 is 0 Å². The van der Waals surface area contributed by atoms with Crippen LogP contribution in [0.25, 0.3) is 0 Å². The maximum absolute atomic E-state index is 11.8. The van der Waals surface area contributed by atoms with Gasteiger partial charge in [0.1, 0.15) is 0 Å². The van der Waals surface area contributed by atoms with Crippen molar-refractivity contribution in [2.45, 2.75) is 18.4 Å². The second-order valence-corrected chi connectivity index (χ2v) is 5.63. The van der Waals surface area contributed by atoms with E-state index in [4.69, 9.17) is 5.26 Å². The number of thioether (sulfide) groups is 1. The van der Waals surface area contributed by atoms with Crippen LogP contribution in [-0.4, -0.2) is 16.6 Å². The molecular weight excluding hydrogens is 282 g/mol. The normalized spacial score (nSPS) is 9.90. The van der Waals surface area contributed by atoms with Gasteiger partial charge in [-0.1, -0.05) is 12.1 Å². The van der Waals surface area contributed by atoms with E-state index < -0.39 is 0 Å². The maximum Gasteiger partial charge on any atom is 0.225 e. The topological polar surface area (TPSA) is 65.8 Å². The van der Waals surface area contributed by atoms with Crippen LogP contribution in [0.5, 0.6) is 0 Å². The minimum Gasteiger partial charge on any atom is -0.326 e. The van der Waals surface area contributed by atoms with Gasteiger partial charge in [-0.15, -0.1) is 11.8 Å². The van der Waals surface area contributed by atoms with Crippen LogP contribution in [0.15, 0.2) is 47.6 Å². The predicted molar refractivity (Wildman–Crippen MR) is 84.1 cm³/mol. The monoisotopic (exact) mass is 297 g/mol. The molecule has 0 unspecified atom stereocenters. The van der Waals surface area contributed by atoms with Gasteiger partial charge in [0.2, 0.25) is 5.91 Å². The molecular formula is C16H15N3OS. The number of aromatic nitrogens is 1. The summed E-state index contributed by atoms with van der Waals surface area (Å²) >= 11 is 1.55. The Morgan fingerprint density at radius 1 is 1.38 bits per heavy atom. The van der Waals surface area contributed by atoms with Crippen LogP contribution in [0.3, 0.4) is 0 Å². The SMILES string of the molecule is Cc1ccc(SCCC(=O)Nc2cccc(C#N)c2)nc1. The highest BCUT2D eigenvalue weighted by atomic mass is 32.2. The molecule has 2 aromatic rings. The zero-order valence-corrected chi connectivity index (χ0v) is 12.5. The fraction of sp³-hybridized carbons (Fsp3) is 0.188. The number of benzene rings is 1. The third kappa shape index (κ3) is 4.93. The zero-order valence-electron chi connectivity index (χ0n) is 11.7. The number of pyridine rings is 1. The predicted octanol–water partition coefficient (Wildman–Crippen LogP) is 3.38. The molecule has 2 rings (SSSR count). The molecule has 5 heteroatoms. The minimum absolute atomic E-state index is 0.0651. The van der Waals surface area contributed by atoms with Gasteiger partial charge in [-0.2, -0.15) is 5.26 Å². The van der Waals surface area contributed by atoms with E-state index in [0.29, 0.717) is 23.4 Å². The van der Waals surface area contributed by atoms with Gasteiger partial charge in [0, 0.05) is 24.1 Å². The fourth-order valence-corrected chi connectivity index (χ4v) is 2.47. The van der Waals surface area contributed by atoms with Gasteiger partial charge in [-0.05, 0) is 36.8 Å². The summed E-state index contributed by atoms with van der Waals surface area (Å²) in [4.78, 5) is 16.1. The summed E-state index contributed by atoms with van der Waals surface area (Å²) in [5, 5.41) is 12.5. The summed E-state index contributed by atoms with van der Waals surface area (Å²) in [5.41, 5.74) is 2.30. The Balaban J connectivity index is 1.79. The summed E-state index contributed by atoms with van der Waals surface area (Å²) in [5.74, 6) is 0.601. The number of nitrogens with one attached hydrogen (secondary N) is 1. The van der Waals surface area contributed by atoms with Gasteiger partial charge in [0.05, 0.1) is 16.7 Å². The van der Waals surface area contributed by atoms with Crippen molar-refractivity contribution in [3.8, 4) is 6.07 Å². The Morgan fingerprint density at radius 2 is 2.24 bits per heavy atom. The average Bonchev–Trinajstić information content (AvgIpc) is 2.49. The molecule has 1 amide bonds. The van der Waals surface area contributed by atoms with Crippen LogP contribution in [-0.2, 0) is 4.79 Å². The molecule has 4 nitrogen and oxygen atoms in total. The summed E-state index contributed by atoms with van der Waals surface area (Å²) in [6.45, 7) is 1.99. The molecule has 106 valence electrons. The molecule has 1 N–H and O–H groups in total. The van der Waals surface area contributed by atoms with Gasteiger partial charge in [-0.3, -0.25) is 4.79 Å². The number of nitriles is 1. The number of aryl methyl sites for hydroxylation is 1. The average molecular weight is 297 g/mol. The number of rotatable bonds is 5. The molecule has 1 aromatic carbocycles. The quantitative estimate of drug-likeness (QED) is 0.859. The van der Waals surface area contributed by atoms with Crippen LogP contribution < -0.4 is 5.32 Å². The highest BCUT2D eigenvalue weighted by molar-refractivity contribution is 7.99. The van der Waals surface area contributed by atoms with Crippen LogP contribution in [0, 0.1) is 18.3 Å². The number of hydrogen-bond acceptors (Lipinski definition) is 4. The smallest absolute Gasteiger partial charge is 0.225 e. The van der Waals surface area contributed by atoms with Crippen molar-refractivity contribution < 1.29 is 4.79 Å². The van der Waals surface area contributed by atoms with E-state index in [-0.39, 0.29) is 5.91 Å². The van der Waals surface area contributed by atoms with E-state index in [1.807, 2.05) is 31.3 Å². The van der Waals surface area contributed by atoms with Crippen molar-refractivity contribution in [3.63, 3.8) is 0 Å². The first kappa shape index (κ1) is 15.1. The second kappa shape index (κ2) is 7.46. The highest BCUT2D eigenvalue weighted by Crippen LogP contribution is 2.17. The summed E-state index contributed by atoms with van der Waals surface area (Å²) < 4.78 is 0. The van der Waals surface area contributed by atoms with Gasteiger partial charge in [-0.25, -0.2) is 4.98 Å². The van der Waals surface area contributed by atoms with Crippen LogP contribution in [0.4, 0.5) is 5.69 Å². The van der Waals surface area contributed by atoms with Crippen molar-refractivity contribution in [2.75, 3.05) is 11.1 Å². The van der Waals surface area contributed by atoms with Crippen LogP contribution >= 0.6 is 11.8 Å². The zero-order chi connectivity index (χ0) is 15.1. The molecule has 0 fully saturated rings. The van der Waals surface area contributed by atoms with Gasteiger partial charge in [0.25, 0.3) is 0 Å².